The van der Waals surface area contributed by atoms with Crippen molar-refractivity contribution in [3.8, 4) is 17.2 Å². The molecule has 0 aromatic heterocycles. The van der Waals surface area contributed by atoms with Crippen LogP contribution in [-0.4, -0.2) is 42.5 Å². The first-order chi connectivity index (χ1) is 14.5. The molecule has 1 saturated heterocycles. The van der Waals surface area contributed by atoms with Gasteiger partial charge in [-0.25, -0.2) is 0 Å². The molecular weight excluding hydrogens is 418 g/mol. The SMILES string of the molecule is CCc1ccc(OCCCOc2ccc(/C=C3\SC(=S)N(C)C3=O)cc2OC)cc1. The molecule has 5 nitrogen and oxygen atoms in total. The number of amides is 1. The van der Waals surface area contributed by atoms with Crippen LogP contribution in [0.15, 0.2) is 47.4 Å². The smallest absolute Gasteiger partial charge is 0.265 e. The molecule has 1 fully saturated rings. The van der Waals surface area contributed by atoms with E-state index in [1.807, 2.05) is 36.4 Å². The van der Waals surface area contributed by atoms with Crippen LogP contribution in [0.5, 0.6) is 17.2 Å². The number of hydrogen-bond donors (Lipinski definition) is 0. The minimum absolute atomic E-state index is 0.0892. The van der Waals surface area contributed by atoms with Gasteiger partial charge in [0.2, 0.25) is 0 Å². The van der Waals surface area contributed by atoms with Crippen molar-refractivity contribution >= 4 is 40.3 Å². The highest BCUT2D eigenvalue weighted by atomic mass is 32.2. The molecule has 0 N–H and O–H groups in total. The third-order valence-corrected chi connectivity index (χ3v) is 6.10. The maximum absolute atomic E-state index is 12.2. The lowest BCUT2D eigenvalue weighted by molar-refractivity contribution is -0.121. The number of rotatable bonds is 9. The second-order valence-electron chi connectivity index (χ2n) is 6.70. The van der Waals surface area contributed by atoms with Crippen LogP contribution in [0.2, 0.25) is 0 Å². The number of thiocarbonyl (C=S) groups is 1. The quantitative estimate of drug-likeness (QED) is 0.311. The predicted octanol–water partition coefficient (Wildman–Crippen LogP) is 4.94. The van der Waals surface area contributed by atoms with E-state index in [0.717, 1.165) is 24.2 Å². The molecule has 0 bridgehead atoms. The molecule has 0 radical (unpaired) electrons. The number of nitrogens with zero attached hydrogens (tertiary/aromatic N) is 1. The van der Waals surface area contributed by atoms with Crippen molar-refractivity contribution < 1.29 is 19.0 Å². The first-order valence-corrected chi connectivity index (χ1v) is 11.0. The van der Waals surface area contributed by atoms with E-state index in [-0.39, 0.29) is 5.91 Å². The molecule has 2 aromatic rings. The van der Waals surface area contributed by atoms with E-state index in [1.165, 1.54) is 22.2 Å². The minimum Gasteiger partial charge on any atom is -0.493 e. The average molecular weight is 444 g/mol. The van der Waals surface area contributed by atoms with E-state index in [2.05, 4.69) is 19.1 Å². The fourth-order valence-electron chi connectivity index (χ4n) is 2.84. The van der Waals surface area contributed by atoms with Gasteiger partial charge in [-0.1, -0.05) is 49.1 Å². The van der Waals surface area contributed by atoms with Crippen molar-refractivity contribution in [1.29, 1.82) is 0 Å². The number of methoxy groups -OCH3 is 1. The van der Waals surface area contributed by atoms with E-state index >= 15 is 0 Å². The lowest BCUT2D eigenvalue weighted by atomic mass is 10.2. The van der Waals surface area contributed by atoms with Gasteiger partial charge in [-0.05, 0) is 47.9 Å². The number of hydrogen-bond acceptors (Lipinski definition) is 6. The summed E-state index contributed by atoms with van der Waals surface area (Å²) in [4.78, 5) is 14.2. The van der Waals surface area contributed by atoms with Gasteiger partial charge in [0, 0.05) is 13.5 Å². The molecule has 7 heteroatoms. The minimum atomic E-state index is -0.0892. The first kappa shape index (κ1) is 22.2. The summed E-state index contributed by atoms with van der Waals surface area (Å²) >= 11 is 6.46. The van der Waals surface area contributed by atoms with Gasteiger partial charge in [-0.2, -0.15) is 0 Å². The summed E-state index contributed by atoms with van der Waals surface area (Å²) in [6, 6.07) is 13.7. The van der Waals surface area contributed by atoms with Crippen LogP contribution in [0.4, 0.5) is 0 Å². The molecule has 0 spiro atoms. The second-order valence-corrected chi connectivity index (χ2v) is 8.37. The normalized spacial score (nSPS) is 15.0. The van der Waals surface area contributed by atoms with Crippen LogP contribution in [0, 0.1) is 0 Å². The summed E-state index contributed by atoms with van der Waals surface area (Å²) in [5.41, 5.74) is 2.15. The lowest BCUT2D eigenvalue weighted by Crippen LogP contribution is -2.22. The van der Waals surface area contributed by atoms with Gasteiger partial charge >= 0.3 is 0 Å². The molecule has 0 atom stereocenters. The van der Waals surface area contributed by atoms with E-state index < -0.39 is 0 Å². The van der Waals surface area contributed by atoms with E-state index in [0.29, 0.717) is 33.9 Å². The van der Waals surface area contributed by atoms with Gasteiger partial charge < -0.3 is 14.2 Å². The average Bonchev–Trinajstić information content (AvgIpc) is 3.01. The summed E-state index contributed by atoms with van der Waals surface area (Å²) in [5, 5.41) is 0. The molecule has 1 aliphatic heterocycles. The number of carbonyl (C=O) groups is 1. The Bertz CT molecular complexity index is 941. The lowest BCUT2D eigenvalue weighted by Gasteiger charge is -2.12. The topological polar surface area (TPSA) is 48.0 Å². The summed E-state index contributed by atoms with van der Waals surface area (Å²) in [5.74, 6) is 2.05. The molecule has 1 heterocycles. The molecule has 1 amide bonds. The monoisotopic (exact) mass is 443 g/mol. The van der Waals surface area contributed by atoms with Crippen molar-refractivity contribution in [3.05, 3.63) is 58.5 Å². The molecule has 1 aliphatic rings. The highest BCUT2D eigenvalue weighted by Crippen LogP contribution is 2.34. The van der Waals surface area contributed by atoms with Crippen LogP contribution in [0.25, 0.3) is 6.08 Å². The van der Waals surface area contributed by atoms with Crippen LogP contribution in [0.1, 0.15) is 24.5 Å². The zero-order valence-electron chi connectivity index (χ0n) is 17.3. The number of likely N-dealkylation sites (N-methyl/N-ethyl adjacent to an activating group) is 1. The Morgan fingerprint density at radius 3 is 2.43 bits per heavy atom. The summed E-state index contributed by atoms with van der Waals surface area (Å²) < 4.78 is 17.6. The van der Waals surface area contributed by atoms with Gasteiger partial charge in [-0.15, -0.1) is 0 Å². The number of thioether (sulfide) groups is 1. The van der Waals surface area contributed by atoms with Crippen molar-refractivity contribution in [2.75, 3.05) is 27.4 Å². The van der Waals surface area contributed by atoms with Gasteiger partial charge in [0.15, 0.2) is 11.5 Å². The molecule has 0 aliphatic carbocycles. The maximum Gasteiger partial charge on any atom is 0.265 e. The first-order valence-electron chi connectivity index (χ1n) is 9.76. The van der Waals surface area contributed by atoms with Crippen LogP contribution in [0.3, 0.4) is 0 Å². The van der Waals surface area contributed by atoms with Crippen molar-refractivity contribution in [1.82, 2.24) is 4.90 Å². The van der Waals surface area contributed by atoms with Gasteiger partial charge in [0.25, 0.3) is 5.91 Å². The molecule has 0 saturated carbocycles. The Morgan fingerprint density at radius 1 is 1.07 bits per heavy atom. The molecule has 158 valence electrons. The van der Waals surface area contributed by atoms with E-state index in [1.54, 1.807) is 14.2 Å². The zero-order valence-corrected chi connectivity index (χ0v) is 19.0. The third-order valence-electron chi connectivity index (χ3n) is 4.62. The summed E-state index contributed by atoms with van der Waals surface area (Å²) in [7, 11) is 3.28. The van der Waals surface area contributed by atoms with Crippen molar-refractivity contribution in [2.45, 2.75) is 19.8 Å². The number of carbonyl (C=O) groups excluding carboxylic acids is 1. The Morgan fingerprint density at radius 2 is 1.80 bits per heavy atom. The Balaban J connectivity index is 1.52. The molecule has 30 heavy (non-hydrogen) atoms. The summed E-state index contributed by atoms with van der Waals surface area (Å²) in [6.45, 7) is 3.22. The molecule has 2 aromatic carbocycles. The molecule has 3 rings (SSSR count). The Hall–Kier alpha value is -2.51. The van der Waals surface area contributed by atoms with Crippen LogP contribution >= 0.6 is 24.0 Å². The number of ether oxygens (including phenoxy) is 3. The predicted molar refractivity (Wildman–Crippen MR) is 125 cm³/mol. The standard InChI is InChI=1S/C23H25NO4S2/c1-4-16-6-9-18(10-7-16)27-12-5-13-28-19-11-8-17(14-20(19)26-3)15-21-22(25)24(2)23(29)30-21/h6-11,14-15H,4-5,12-13H2,1-3H3/b21-15-. The number of benzene rings is 2. The molecular formula is C23H25NO4S2. The van der Waals surface area contributed by atoms with E-state index in [4.69, 9.17) is 26.4 Å². The highest BCUT2D eigenvalue weighted by Gasteiger charge is 2.28. The van der Waals surface area contributed by atoms with Crippen molar-refractivity contribution in [2.24, 2.45) is 0 Å². The third kappa shape index (κ3) is 5.55. The van der Waals surface area contributed by atoms with Gasteiger partial charge in [0.05, 0.1) is 25.2 Å². The molecule has 0 unspecified atom stereocenters. The fourth-order valence-corrected chi connectivity index (χ4v) is 4.02. The van der Waals surface area contributed by atoms with Gasteiger partial charge in [0.1, 0.15) is 10.1 Å². The summed E-state index contributed by atoms with van der Waals surface area (Å²) in [6.07, 6.45) is 3.58. The Labute approximate surface area is 187 Å². The largest absolute Gasteiger partial charge is 0.493 e. The fraction of sp³-hybridized carbons (Fsp3) is 0.304. The zero-order chi connectivity index (χ0) is 21.5. The van der Waals surface area contributed by atoms with Crippen LogP contribution < -0.4 is 14.2 Å². The second kappa shape index (κ2) is 10.5. The van der Waals surface area contributed by atoms with E-state index in [9.17, 15) is 4.79 Å². The van der Waals surface area contributed by atoms with Crippen molar-refractivity contribution in [3.63, 3.8) is 0 Å². The number of aryl methyl sites for hydroxylation is 1. The van der Waals surface area contributed by atoms with Crippen LogP contribution in [-0.2, 0) is 11.2 Å². The van der Waals surface area contributed by atoms with Gasteiger partial charge in [-0.3, -0.25) is 9.69 Å². The highest BCUT2D eigenvalue weighted by molar-refractivity contribution is 8.26. The maximum atomic E-state index is 12.2. The Kier molecular flexibility index (Phi) is 7.76.